The van der Waals surface area contributed by atoms with E-state index in [4.69, 9.17) is 12.2 Å². The van der Waals surface area contributed by atoms with E-state index in [1.54, 1.807) is 30.3 Å². The van der Waals surface area contributed by atoms with E-state index in [9.17, 15) is 14.7 Å². The number of nitrogens with one attached hydrogen (secondary N) is 1. The molecule has 0 radical (unpaired) electrons. The summed E-state index contributed by atoms with van der Waals surface area (Å²) < 4.78 is 1.84. The summed E-state index contributed by atoms with van der Waals surface area (Å²) >= 11 is 13.8. The topological polar surface area (TPSA) is 69.6 Å². The number of rotatable bonds is 2. The van der Waals surface area contributed by atoms with Crippen LogP contribution in [0, 0.1) is 3.57 Å². The van der Waals surface area contributed by atoms with Crippen LogP contribution < -0.4 is 10.2 Å². The monoisotopic (exact) mass is 606 g/mol. The summed E-state index contributed by atoms with van der Waals surface area (Å²) in [7, 11) is 0. The van der Waals surface area contributed by atoms with Crippen molar-refractivity contribution < 1.29 is 14.7 Å². The van der Waals surface area contributed by atoms with Crippen molar-refractivity contribution in [3.05, 3.63) is 60.1 Å². The van der Waals surface area contributed by atoms with E-state index in [1.165, 1.54) is 11.0 Å². The van der Waals surface area contributed by atoms with Gasteiger partial charge in [-0.25, -0.2) is 0 Å². The normalized spacial score (nSPS) is 16.2. The molecule has 26 heavy (non-hydrogen) atoms. The first-order chi connectivity index (χ1) is 12.3. The van der Waals surface area contributed by atoms with Crippen molar-refractivity contribution in [3.63, 3.8) is 0 Å². The van der Waals surface area contributed by atoms with Crippen LogP contribution in [0.2, 0.25) is 0 Å². The fourth-order valence-corrected chi connectivity index (χ4v) is 4.51. The van der Waals surface area contributed by atoms with Gasteiger partial charge in [0.25, 0.3) is 11.8 Å². The van der Waals surface area contributed by atoms with Crippen molar-refractivity contribution in [1.29, 1.82) is 0 Å². The standard InChI is InChI=1S/C17H9Br2IN2O3S/c18-9-2-1-3-10(7-9)22-16(25)11(15(24)21-17(22)26)4-8-5-12(19)14(23)13(20)6-8/h1-7,23H,(H,21,24,26)/b11-4+. The molecule has 3 rings (SSSR count). The Hall–Kier alpha value is -1.30. The molecule has 2 aromatic rings. The lowest BCUT2D eigenvalue weighted by atomic mass is 10.1. The van der Waals surface area contributed by atoms with Gasteiger partial charge in [0, 0.05) is 4.47 Å². The molecule has 1 heterocycles. The van der Waals surface area contributed by atoms with E-state index >= 15 is 0 Å². The van der Waals surface area contributed by atoms with Gasteiger partial charge in [0.05, 0.1) is 13.7 Å². The van der Waals surface area contributed by atoms with Gasteiger partial charge in [-0.1, -0.05) is 22.0 Å². The highest BCUT2D eigenvalue weighted by Crippen LogP contribution is 2.32. The smallest absolute Gasteiger partial charge is 0.270 e. The third-order valence-corrected chi connectivity index (χ3v) is 5.72. The molecule has 0 aliphatic carbocycles. The lowest BCUT2D eigenvalue weighted by Gasteiger charge is -2.29. The predicted molar refractivity (Wildman–Crippen MR) is 119 cm³/mol. The second-order valence-corrected chi connectivity index (χ2v) is 8.59. The number of anilines is 1. The van der Waals surface area contributed by atoms with E-state index in [0.29, 0.717) is 19.3 Å². The zero-order valence-corrected chi connectivity index (χ0v) is 18.9. The number of hydrogen-bond donors (Lipinski definition) is 2. The Balaban J connectivity index is 2.06. The summed E-state index contributed by atoms with van der Waals surface area (Å²) in [5.74, 6) is -0.981. The number of halogens is 3. The Morgan fingerprint density at radius 2 is 1.92 bits per heavy atom. The molecule has 2 aromatic carbocycles. The number of nitrogens with zero attached hydrogens (tertiary/aromatic N) is 1. The van der Waals surface area contributed by atoms with Gasteiger partial charge in [0.1, 0.15) is 11.3 Å². The highest BCUT2D eigenvalue weighted by Gasteiger charge is 2.34. The average molecular weight is 608 g/mol. The molecular formula is C17H9Br2IN2O3S. The van der Waals surface area contributed by atoms with E-state index in [0.717, 1.165) is 4.47 Å². The van der Waals surface area contributed by atoms with Crippen LogP contribution in [0.3, 0.4) is 0 Å². The van der Waals surface area contributed by atoms with Gasteiger partial charge < -0.3 is 5.11 Å². The summed E-state index contributed by atoms with van der Waals surface area (Å²) in [4.78, 5) is 26.5. The summed E-state index contributed by atoms with van der Waals surface area (Å²) in [6.07, 6.45) is 1.47. The lowest BCUT2D eigenvalue weighted by molar-refractivity contribution is -0.122. The minimum Gasteiger partial charge on any atom is -0.506 e. The molecule has 0 aromatic heterocycles. The Morgan fingerprint density at radius 1 is 1.19 bits per heavy atom. The number of carbonyl (C=O) groups is 2. The molecule has 0 unspecified atom stereocenters. The average Bonchev–Trinajstić information content (AvgIpc) is 2.56. The number of phenolic OH excluding ortho intramolecular Hbond substituents is 1. The third kappa shape index (κ3) is 3.85. The van der Waals surface area contributed by atoms with Crippen LogP contribution in [0.25, 0.3) is 6.08 Å². The molecule has 9 heteroatoms. The van der Waals surface area contributed by atoms with E-state index in [-0.39, 0.29) is 16.4 Å². The lowest BCUT2D eigenvalue weighted by Crippen LogP contribution is -2.54. The van der Waals surface area contributed by atoms with Gasteiger partial charge in [0.2, 0.25) is 0 Å². The molecule has 0 spiro atoms. The number of benzene rings is 2. The fourth-order valence-electron chi connectivity index (χ4n) is 2.34. The molecule has 2 amide bonds. The van der Waals surface area contributed by atoms with Gasteiger partial charge in [-0.15, -0.1) is 0 Å². The second-order valence-electron chi connectivity index (χ2n) is 5.27. The van der Waals surface area contributed by atoms with Crippen molar-refractivity contribution in [3.8, 4) is 5.75 Å². The SMILES string of the molecule is O=C1NC(=S)N(c2cccc(Br)c2)C(=O)/C1=C/c1cc(Br)c(O)c(I)c1. The Kier molecular flexibility index (Phi) is 5.80. The first-order valence-electron chi connectivity index (χ1n) is 7.13. The van der Waals surface area contributed by atoms with Crippen LogP contribution >= 0.6 is 66.7 Å². The van der Waals surface area contributed by atoms with Crippen LogP contribution in [-0.4, -0.2) is 22.0 Å². The largest absolute Gasteiger partial charge is 0.506 e. The van der Waals surface area contributed by atoms with E-state index < -0.39 is 11.8 Å². The van der Waals surface area contributed by atoms with Crippen molar-refractivity contribution in [2.75, 3.05) is 4.90 Å². The molecule has 132 valence electrons. The molecule has 1 fully saturated rings. The predicted octanol–water partition coefficient (Wildman–Crippen LogP) is 4.35. The highest BCUT2D eigenvalue weighted by molar-refractivity contribution is 14.1. The molecule has 1 aliphatic heterocycles. The zero-order chi connectivity index (χ0) is 19.0. The van der Waals surface area contributed by atoms with Gasteiger partial charge in [0.15, 0.2) is 5.11 Å². The fraction of sp³-hybridized carbons (Fsp3) is 0. The first-order valence-corrected chi connectivity index (χ1v) is 10.2. The molecule has 0 saturated carbocycles. The summed E-state index contributed by atoms with van der Waals surface area (Å²) in [5.41, 5.74) is 1.09. The van der Waals surface area contributed by atoms with Gasteiger partial charge in [-0.3, -0.25) is 19.8 Å². The Labute approximate surface area is 184 Å². The van der Waals surface area contributed by atoms with Crippen molar-refractivity contribution in [2.24, 2.45) is 0 Å². The van der Waals surface area contributed by atoms with E-state index in [1.807, 2.05) is 28.7 Å². The van der Waals surface area contributed by atoms with Gasteiger partial charge >= 0.3 is 0 Å². The molecule has 1 aliphatic rings. The molecule has 1 saturated heterocycles. The number of carbonyl (C=O) groups excluding carboxylic acids is 2. The van der Waals surface area contributed by atoms with Crippen LogP contribution in [0.5, 0.6) is 5.75 Å². The number of thiocarbonyl (C=S) groups is 1. The molecule has 2 N–H and O–H groups in total. The van der Waals surface area contributed by atoms with Crippen molar-refractivity contribution in [1.82, 2.24) is 5.32 Å². The van der Waals surface area contributed by atoms with Crippen molar-refractivity contribution in [2.45, 2.75) is 0 Å². The summed E-state index contributed by atoms with van der Waals surface area (Å²) in [6, 6.07) is 10.4. The van der Waals surface area contributed by atoms with Crippen LogP contribution in [0.4, 0.5) is 5.69 Å². The van der Waals surface area contributed by atoms with Gasteiger partial charge in [-0.05, 0) is 92.7 Å². The number of amides is 2. The number of hydrogen-bond acceptors (Lipinski definition) is 4. The quantitative estimate of drug-likeness (QED) is 0.231. The van der Waals surface area contributed by atoms with Crippen molar-refractivity contribution >= 4 is 95.4 Å². The zero-order valence-electron chi connectivity index (χ0n) is 12.8. The Bertz CT molecular complexity index is 971. The molecule has 5 nitrogen and oxygen atoms in total. The second kappa shape index (κ2) is 7.75. The van der Waals surface area contributed by atoms with Crippen LogP contribution in [0.1, 0.15) is 5.56 Å². The van der Waals surface area contributed by atoms with Crippen LogP contribution in [-0.2, 0) is 9.59 Å². The minimum atomic E-state index is -0.564. The first kappa shape index (κ1) is 19.5. The maximum absolute atomic E-state index is 12.9. The molecule has 0 atom stereocenters. The third-order valence-electron chi connectivity index (χ3n) is 3.52. The van der Waals surface area contributed by atoms with E-state index in [2.05, 4.69) is 37.2 Å². The number of aromatic hydroxyl groups is 1. The maximum atomic E-state index is 12.9. The highest BCUT2D eigenvalue weighted by atomic mass is 127. The van der Waals surface area contributed by atoms with Gasteiger partial charge in [-0.2, -0.15) is 0 Å². The molecule has 0 bridgehead atoms. The minimum absolute atomic E-state index is 0.0247. The summed E-state index contributed by atoms with van der Waals surface area (Å²) in [6.45, 7) is 0. The van der Waals surface area contributed by atoms with Crippen LogP contribution in [0.15, 0.2) is 50.9 Å². The Morgan fingerprint density at radius 3 is 2.58 bits per heavy atom. The summed E-state index contributed by atoms with van der Waals surface area (Å²) in [5, 5.41) is 12.4. The molecular weight excluding hydrogens is 599 g/mol. The maximum Gasteiger partial charge on any atom is 0.270 e. The number of phenols is 1.